The van der Waals surface area contributed by atoms with Crippen LogP contribution in [-0.4, -0.2) is 34.9 Å². The number of thiazole rings is 1. The highest BCUT2D eigenvalue weighted by Gasteiger charge is 2.31. The molecule has 1 aromatic heterocycles. The lowest BCUT2D eigenvalue weighted by Crippen LogP contribution is -2.27. The van der Waals surface area contributed by atoms with Gasteiger partial charge in [-0.15, -0.1) is 24.5 Å². The Balaban J connectivity index is 1.81. The highest BCUT2D eigenvalue weighted by Crippen LogP contribution is 2.23. The number of rotatable bonds is 7. The lowest BCUT2D eigenvalue weighted by molar-refractivity contribution is -0.274. The second-order valence-electron chi connectivity index (χ2n) is 4.90. The third-order valence-electron chi connectivity index (χ3n) is 2.93. The molecule has 0 aliphatic carbocycles. The number of hydrogen-bond acceptors (Lipinski definition) is 5. The number of halogens is 3. The first-order valence-electron chi connectivity index (χ1n) is 7.02. The van der Waals surface area contributed by atoms with Crippen LogP contribution < -0.4 is 10.1 Å². The minimum Gasteiger partial charge on any atom is -0.476 e. The van der Waals surface area contributed by atoms with Gasteiger partial charge in [0.15, 0.2) is 5.69 Å². The van der Waals surface area contributed by atoms with Crippen molar-refractivity contribution in [2.24, 2.45) is 0 Å². The zero-order valence-electron chi connectivity index (χ0n) is 12.7. The van der Waals surface area contributed by atoms with E-state index in [0.29, 0.717) is 17.0 Å². The first-order valence-corrected chi connectivity index (χ1v) is 7.90. The van der Waals surface area contributed by atoms with Crippen LogP contribution in [0, 0.1) is 0 Å². The van der Waals surface area contributed by atoms with E-state index in [-0.39, 0.29) is 30.3 Å². The molecule has 2 rings (SSSR count). The minimum absolute atomic E-state index is 0.0483. The average molecular weight is 374 g/mol. The molecule has 134 valence electrons. The molecule has 0 radical (unpaired) electrons. The first-order chi connectivity index (χ1) is 11.7. The normalized spacial score (nSPS) is 11.2. The van der Waals surface area contributed by atoms with E-state index in [4.69, 9.17) is 5.11 Å². The van der Waals surface area contributed by atoms with Crippen LogP contribution in [0.1, 0.15) is 21.1 Å². The Morgan fingerprint density at radius 3 is 2.72 bits per heavy atom. The maximum absolute atomic E-state index is 12.2. The molecular formula is C15H13F3N2O4S. The number of benzene rings is 1. The highest BCUT2D eigenvalue weighted by molar-refractivity contribution is 7.09. The zero-order chi connectivity index (χ0) is 18.4. The molecule has 0 unspecified atom stereocenters. The van der Waals surface area contributed by atoms with E-state index in [1.165, 1.54) is 28.8 Å². The third kappa shape index (κ3) is 6.42. The van der Waals surface area contributed by atoms with Gasteiger partial charge in [-0.3, -0.25) is 4.79 Å². The van der Waals surface area contributed by atoms with Crippen LogP contribution in [0.2, 0.25) is 0 Å². The fourth-order valence-electron chi connectivity index (χ4n) is 1.93. The Hall–Kier alpha value is -2.62. The van der Waals surface area contributed by atoms with Gasteiger partial charge in [-0.1, -0.05) is 12.1 Å². The van der Waals surface area contributed by atoms with Crippen LogP contribution in [0.4, 0.5) is 13.2 Å². The quantitative estimate of drug-likeness (QED) is 0.778. The summed E-state index contributed by atoms with van der Waals surface area (Å²) in [6, 6.07) is 5.18. The summed E-state index contributed by atoms with van der Waals surface area (Å²) in [6.45, 7) is 0.240. The number of hydrogen-bond donors (Lipinski definition) is 2. The molecule has 1 heterocycles. The molecule has 0 spiro atoms. The Morgan fingerprint density at radius 2 is 2.08 bits per heavy atom. The summed E-state index contributed by atoms with van der Waals surface area (Å²) in [4.78, 5) is 26.4. The van der Waals surface area contributed by atoms with E-state index in [9.17, 15) is 22.8 Å². The average Bonchev–Trinajstić information content (AvgIpc) is 2.95. The van der Waals surface area contributed by atoms with Gasteiger partial charge in [0.05, 0.1) is 11.4 Å². The van der Waals surface area contributed by atoms with Crippen molar-refractivity contribution in [1.82, 2.24) is 10.3 Å². The molecular weight excluding hydrogens is 361 g/mol. The molecule has 0 fully saturated rings. The van der Waals surface area contributed by atoms with Gasteiger partial charge in [-0.05, 0) is 17.7 Å². The van der Waals surface area contributed by atoms with Gasteiger partial charge in [0.25, 0.3) is 0 Å². The first kappa shape index (κ1) is 18.7. The highest BCUT2D eigenvalue weighted by atomic mass is 32.1. The second-order valence-corrected chi connectivity index (χ2v) is 5.85. The van der Waals surface area contributed by atoms with Gasteiger partial charge in [-0.2, -0.15) is 0 Å². The van der Waals surface area contributed by atoms with Crippen molar-refractivity contribution in [3.63, 3.8) is 0 Å². The molecule has 6 nitrogen and oxygen atoms in total. The zero-order valence-corrected chi connectivity index (χ0v) is 13.5. The van der Waals surface area contributed by atoms with Crippen molar-refractivity contribution >= 4 is 23.2 Å². The number of carbonyl (C=O) groups excluding carboxylic acids is 1. The van der Waals surface area contributed by atoms with Crippen LogP contribution in [0.15, 0.2) is 29.6 Å². The van der Waals surface area contributed by atoms with Crippen LogP contribution in [0.3, 0.4) is 0 Å². The van der Waals surface area contributed by atoms with Gasteiger partial charge in [0, 0.05) is 18.3 Å². The van der Waals surface area contributed by atoms with E-state index >= 15 is 0 Å². The molecule has 0 bridgehead atoms. The van der Waals surface area contributed by atoms with Crippen molar-refractivity contribution in [3.05, 3.63) is 45.9 Å². The fourth-order valence-corrected chi connectivity index (χ4v) is 2.71. The van der Waals surface area contributed by atoms with Crippen LogP contribution in [0.5, 0.6) is 5.75 Å². The van der Waals surface area contributed by atoms with Gasteiger partial charge in [-0.25, -0.2) is 9.78 Å². The summed E-state index contributed by atoms with van der Waals surface area (Å²) in [7, 11) is 0. The van der Waals surface area contributed by atoms with E-state index in [1.807, 2.05) is 0 Å². The van der Waals surface area contributed by atoms with Gasteiger partial charge in [0.2, 0.25) is 5.91 Å². The lowest BCUT2D eigenvalue weighted by Gasteiger charge is -2.10. The predicted molar refractivity (Wildman–Crippen MR) is 82.6 cm³/mol. The smallest absolute Gasteiger partial charge is 0.476 e. The second kappa shape index (κ2) is 7.97. The largest absolute Gasteiger partial charge is 0.573 e. The summed E-state index contributed by atoms with van der Waals surface area (Å²) in [5, 5.41) is 13.3. The molecule has 0 aliphatic heterocycles. The number of aromatic nitrogens is 1. The fraction of sp³-hybridized carbons (Fsp3) is 0.267. The number of carboxylic acid groups (broad SMARTS) is 1. The van der Waals surface area contributed by atoms with Crippen molar-refractivity contribution in [2.75, 3.05) is 6.54 Å². The minimum atomic E-state index is -4.79. The topological polar surface area (TPSA) is 88.5 Å². The molecule has 1 amide bonds. The molecule has 2 aromatic rings. The summed E-state index contributed by atoms with van der Waals surface area (Å²) < 4.78 is 40.3. The Kier molecular flexibility index (Phi) is 5.97. The molecule has 0 aliphatic rings. The number of carbonyl (C=O) groups is 2. The summed E-state index contributed by atoms with van der Waals surface area (Å²) in [5.41, 5.74) is 0.328. The van der Waals surface area contributed by atoms with Gasteiger partial charge < -0.3 is 15.2 Å². The maximum atomic E-state index is 12.2. The van der Waals surface area contributed by atoms with Crippen LogP contribution in [-0.2, 0) is 17.6 Å². The third-order valence-corrected chi connectivity index (χ3v) is 3.84. The van der Waals surface area contributed by atoms with Gasteiger partial charge in [0.1, 0.15) is 5.75 Å². The van der Waals surface area contributed by atoms with Crippen LogP contribution in [0.25, 0.3) is 0 Å². The summed E-state index contributed by atoms with van der Waals surface area (Å²) in [5.74, 6) is -1.88. The van der Waals surface area contributed by atoms with E-state index < -0.39 is 12.3 Å². The van der Waals surface area contributed by atoms with Crippen molar-refractivity contribution in [1.29, 1.82) is 0 Å². The Labute approximate surface area is 144 Å². The molecule has 25 heavy (non-hydrogen) atoms. The standard InChI is InChI=1S/C15H13F3N2O4S/c16-15(17,18)24-10-3-1-2-9(6-10)7-12(21)19-5-4-13-20-11(8-25-13)14(22)23/h1-3,6,8H,4-5,7H2,(H,19,21)(H,22,23). The number of carboxylic acids is 1. The lowest BCUT2D eigenvalue weighted by atomic mass is 10.1. The van der Waals surface area contributed by atoms with Gasteiger partial charge >= 0.3 is 12.3 Å². The van der Waals surface area contributed by atoms with Crippen LogP contribution >= 0.6 is 11.3 Å². The Morgan fingerprint density at radius 1 is 1.32 bits per heavy atom. The number of aromatic carboxylic acids is 1. The van der Waals surface area contributed by atoms with E-state index in [0.717, 1.165) is 12.1 Å². The predicted octanol–water partition coefficient (Wildman–Crippen LogP) is 2.64. The van der Waals surface area contributed by atoms with Crippen molar-refractivity contribution in [2.45, 2.75) is 19.2 Å². The van der Waals surface area contributed by atoms with Crippen molar-refractivity contribution < 1.29 is 32.6 Å². The number of amides is 1. The monoisotopic (exact) mass is 374 g/mol. The number of ether oxygens (including phenoxy) is 1. The molecule has 2 N–H and O–H groups in total. The van der Waals surface area contributed by atoms with E-state index in [2.05, 4.69) is 15.0 Å². The van der Waals surface area contributed by atoms with Crippen molar-refractivity contribution in [3.8, 4) is 5.75 Å². The molecule has 0 saturated carbocycles. The summed E-state index contributed by atoms with van der Waals surface area (Å²) in [6.07, 6.45) is -4.53. The molecule has 0 saturated heterocycles. The summed E-state index contributed by atoms with van der Waals surface area (Å²) >= 11 is 1.17. The van der Waals surface area contributed by atoms with E-state index in [1.54, 1.807) is 0 Å². The maximum Gasteiger partial charge on any atom is 0.573 e. The number of nitrogens with zero attached hydrogens (tertiary/aromatic N) is 1. The SMILES string of the molecule is O=C(Cc1cccc(OC(F)(F)F)c1)NCCc1nc(C(=O)O)cs1. The molecule has 1 aromatic carbocycles. The molecule has 10 heteroatoms. The number of alkyl halides is 3. The molecule has 0 atom stereocenters. The Bertz CT molecular complexity index is 761. The number of nitrogens with one attached hydrogen (secondary N) is 1.